The molecule has 2 rings (SSSR count). The van der Waals surface area contributed by atoms with Crippen molar-refractivity contribution in [1.29, 1.82) is 0 Å². The number of anilines is 1. The van der Waals surface area contributed by atoms with Gasteiger partial charge in [-0.3, -0.25) is 4.79 Å². The summed E-state index contributed by atoms with van der Waals surface area (Å²) in [5.74, 6) is -0.0902. The Morgan fingerprint density at radius 3 is 2.94 bits per heavy atom. The maximum atomic E-state index is 11.8. The summed E-state index contributed by atoms with van der Waals surface area (Å²) in [6, 6.07) is 5.83. The zero-order valence-electron chi connectivity index (χ0n) is 9.86. The van der Waals surface area contributed by atoms with E-state index in [1.54, 1.807) is 0 Å². The van der Waals surface area contributed by atoms with E-state index in [-0.39, 0.29) is 12.3 Å². The number of carbonyl (C=O) groups excluding carboxylic acids is 1. The summed E-state index contributed by atoms with van der Waals surface area (Å²) in [7, 11) is 0. The van der Waals surface area contributed by atoms with Crippen LogP contribution in [-0.2, 0) is 11.2 Å². The smallest absolute Gasteiger partial charge is 0.230 e. The number of aromatic nitrogens is 1. The Labute approximate surface area is 99.7 Å². The van der Waals surface area contributed by atoms with Gasteiger partial charge in [-0.2, -0.15) is 0 Å². The first-order valence-electron chi connectivity index (χ1n) is 5.40. The topological polar surface area (TPSA) is 55.1 Å². The minimum absolute atomic E-state index is 0.0902. The van der Waals surface area contributed by atoms with E-state index < -0.39 is 0 Å². The highest BCUT2D eigenvalue weighted by Crippen LogP contribution is 2.18. The third-order valence-electron chi connectivity index (χ3n) is 2.70. The molecule has 0 fully saturated rings. The van der Waals surface area contributed by atoms with Crippen molar-refractivity contribution in [2.75, 3.05) is 5.32 Å². The molecule has 0 unspecified atom stereocenters. The fourth-order valence-corrected chi connectivity index (χ4v) is 1.57. The Morgan fingerprint density at radius 1 is 1.41 bits per heavy atom. The minimum atomic E-state index is -0.0902. The van der Waals surface area contributed by atoms with Gasteiger partial charge in [-0.1, -0.05) is 12.1 Å². The zero-order valence-corrected chi connectivity index (χ0v) is 9.86. The average Bonchev–Trinajstić information content (AvgIpc) is 2.77. The molecule has 0 spiro atoms. The molecule has 0 aliphatic rings. The molecule has 4 nitrogen and oxygen atoms in total. The second-order valence-electron chi connectivity index (χ2n) is 3.95. The second kappa shape index (κ2) is 4.82. The van der Waals surface area contributed by atoms with Gasteiger partial charge in [0, 0.05) is 5.69 Å². The van der Waals surface area contributed by atoms with Crippen molar-refractivity contribution in [3.05, 3.63) is 47.7 Å². The van der Waals surface area contributed by atoms with E-state index in [2.05, 4.69) is 10.3 Å². The lowest BCUT2D eigenvalue weighted by Gasteiger charge is -2.09. The van der Waals surface area contributed by atoms with Crippen molar-refractivity contribution >= 4 is 11.6 Å². The molecule has 17 heavy (non-hydrogen) atoms. The number of benzene rings is 1. The summed E-state index contributed by atoms with van der Waals surface area (Å²) in [5.41, 5.74) is 3.72. The molecule has 0 aliphatic heterocycles. The molecule has 1 amide bonds. The summed E-state index contributed by atoms with van der Waals surface area (Å²) < 4.78 is 4.82. The molecule has 4 heteroatoms. The number of amides is 1. The normalized spacial score (nSPS) is 10.2. The summed E-state index contributed by atoms with van der Waals surface area (Å²) in [6.07, 6.45) is 3.02. The van der Waals surface area contributed by atoms with Crippen molar-refractivity contribution in [2.45, 2.75) is 20.3 Å². The van der Waals surface area contributed by atoms with Gasteiger partial charge in [0.1, 0.15) is 6.26 Å². The molecule has 0 atom stereocenters. The van der Waals surface area contributed by atoms with Crippen LogP contribution in [0.2, 0.25) is 0 Å². The lowest BCUT2D eigenvalue weighted by Crippen LogP contribution is -2.15. The van der Waals surface area contributed by atoms with Crippen LogP contribution in [0, 0.1) is 13.8 Å². The Balaban J connectivity index is 2.06. The van der Waals surface area contributed by atoms with Crippen LogP contribution in [-0.4, -0.2) is 10.9 Å². The first-order valence-corrected chi connectivity index (χ1v) is 5.40. The van der Waals surface area contributed by atoms with Crippen LogP contribution in [0.4, 0.5) is 5.69 Å². The summed E-state index contributed by atoms with van der Waals surface area (Å²) in [5, 5.41) is 2.87. The van der Waals surface area contributed by atoms with Gasteiger partial charge in [-0.05, 0) is 31.0 Å². The molecule has 0 bridgehead atoms. The summed E-state index contributed by atoms with van der Waals surface area (Å²) in [4.78, 5) is 15.7. The number of aryl methyl sites for hydroxylation is 1. The van der Waals surface area contributed by atoms with Gasteiger partial charge < -0.3 is 9.73 Å². The maximum absolute atomic E-state index is 11.8. The van der Waals surface area contributed by atoms with E-state index in [1.807, 2.05) is 32.0 Å². The van der Waals surface area contributed by atoms with Crippen LogP contribution in [0.3, 0.4) is 0 Å². The molecule has 88 valence electrons. The third-order valence-corrected chi connectivity index (χ3v) is 2.70. The Bertz CT molecular complexity index is 518. The number of hydrogen-bond donors (Lipinski definition) is 1. The van der Waals surface area contributed by atoms with Crippen LogP contribution in [0.5, 0.6) is 0 Å². The molecular formula is C13H14N2O2. The minimum Gasteiger partial charge on any atom is -0.451 e. The van der Waals surface area contributed by atoms with Crippen molar-refractivity contribution in [2.24, 2.45) is 0 Å². The van der Waals surface area contributed by atoms with Crippen molar-refractivity contribution in [3.63, 3.8) is 0 Å². The molecule has 0 saturated heterocycles. The van der Waals surface area contributed by atoms with Crippen LogP contribution in [0.15, 0.2) is 35.3 Å². The predicted molar refractivity (Wildman–Crippen MR) is 64.8 cm³/mol. The van der Waals surface area contributed by atoms with Gasteiger partial charge in [0.2, 0.25) is 5.91 Å². The summed E-state index contributed by atoms with van der Waals surface area (Å²) in [6.45, 7) is 4.00. The number of carbonyl (C=O) groups is 1. The van der Waals surface area contributed by atoms with E-state index in [4.69, 9.17) is 4.42 Å². The van der Waals surface area contributed by atoms with Crippen LogP contribution in [0.25, 0.3) is 0 Å². The van der Waals surface area contributed by atoms with Gasteiger partial charge in [0.25, 0.3) is 0 Å². The van der Waals surface area contributed by atoms with Crippen LogP contribution in [0.1, 0.15) is 16.8 Å². The molecule has 0 saturated carbocycles. The lowest BCUT2D eigenvalue weighted by atomic mass is 10.1. The number of rotatable bonds is 3. The van der Waals surface area contributed by atoms with Crippen LogP contribution >= 0.6 is 0 Å². The largest absolute Gasteiger partial charge is 0.451 e. The Morgan fingerprint density at radius 2 is 2.24 bits per heavy atom. The molecule has 1 aromatic heterocycles. The van der Waals surface area contributed by atoms with Gasteiger partial charge in [0.15, 0.2) is 6.39 Å². The van der Waals surface area contributed by atoms with Gasteiger partial charge >= 0.3 is 0 Å². The van der Waals surface area contributed by atoms with Crippen LogP contribution < -0.4 is 5.32 Å². The Hall–Kier alpha value is -2.10. The third kappa shape index (κ3) is 2.72. The number of hydrogen-bond acceptors (Lipinski definition) is 3. The van der Waals surface area contributed by atoms with Crippen molar-refractivity contribution in [1.82, 2.24) is 4.98 Å². The Kier molecular flexibility index (Phi) is 3.23. The SMILES string of the molecule is Cc1cccc(NC(=O)Cc2cocn2)c1C. The molecule has 2 aromatic rings. The van der Waals surface area contributed by atoms with E-state index in [0.717, 1.165) is 16.8 Å². The quantitative estimate of drug-likeness (QED) is 0.881. The highest BCUT2D eigenvalue weighted by Gasteiger charge is 2.08. The molecule has 1 heterocycles. The zero-order chi connectivity index (χ0) is 12.3. The molecule has 0 radical (unpaired) electrons. The second-order valence-corrected chi connectivity index (χ2v) is 3.95. The fraction of sp³-hybridized carbons (Fsp3) is 0.231. The number of nitrogens with one attached hydrogen (secondary N) is 1. The summed E-state index contributed by atoms with van der Waals surface area (Å²) >= 11 is 0. The fourth-order valence-electron chi connectivity index (χ4n) is 1.57. The van der Waals surface area contributed by atoms with Gasteiger partial charge in [0.05, 0.1) is 12.1 Å². The monoisotopic (exact) mass is 230 g/mol. The van der Waals surface area contributed by atoms with E-state index >= 15 is 0 Å². The maximum Gasteiger partial charge on any atom is 0.230 e. The van der Waals surface area contributed by atoms with Gasteiger partial charge in [-0.25, -0.2) is 4.98 Å². The first kappa shape index (κ1) is 11.4. The van der Waals surface area contributed by atoms with Crippen molar-refractivity contribution < 1.29 is 9.21 Å². The standard InChI is InChI=1S/C13H14N2O2/c1-9-4-3-5-12(10(9)2)15-13(16)6-11-7-17-8-14-11/h3-5,7-8H,6H2,1-2H3,(H,15,16). The average molecular weight is 230 g/mol. The predicted octanol–water partition coefficient (Wildman–Crippen LogP) is 2.47. The lowest BCUT2D eigenvalue weighted by molar-refractivity contribution is -0.115. The molecular weight excluding hydrogens is 216 g/mol. The van der Waals surface area contributed by atoms with E-state index in [1.165, 1.54) is 12.7 Å². The van der Waals surface area contributed by atoms with Gasteiger partial charge in [-0.15, -0.1) is 0 Å². The number of nitrogens with zero attached hydrogens (tertiary/aromatic N) is 1. The highest BCUT2D eigenvalue weighted by molar-refractivity contribution is 5.92. The number of oxazole rings is 1. The highest BCUT2D eigenvalue weighted by atomic mass is 16.3. The molecule has 1 aromatic carbocycles. The van der Waals surface area contributed by atoms with E-state index in [0.29, 0.717) is 5.69 Å². The van der Waals surface area contributed by atoms with E-state index in [9.17, 15) is 4.79 Å². The van der Waals surface area contributed by atoms with Crippen molar-refractivity contribution in [3.8, 4) is 0 Å². The molecule has 0 aliphatic carbocycles. The first-order chi connectivity index (χ1) is 8.16. The molecule has 1 N–H and O–H groups in total.